The van der Waals surface area contributed by atoms with Gasteiger partial charge in [0.05, 0.1) is 22.6 Å². The summed E-state index contributed by atoms with van der Waals surface area (Å²) in [6.45, 7) is 1.89. The summed E-state index contributed by atoms with van der Waals surface area (Å²) in [6.07, 6.45) is 1.83. The van der Waals surface area contributed by atoms with Gasteiger partial charge in [-0.1, -0.05) is 11.6 Å². The molecule has 0 bridgehead atoms. The van der Waals surface area contributed by atoms with Crippen LogP contribution < -0.4 is 0 Å². The van der Waals surface area contributed by atoms with Crippen molar-refractivity contribution in [2.75, 3.05) is 0 Å². The first-order chi connectivity index (χ1) is 7.18. The topological polar surface area (TPSA) is 30.2 Å². The SMILES string of the molecule is Cc1csc(C(=O)Cc2ccco2)c1Cl. The maximum absolute atomic E-state index is 11.8. The predicted molar refractivity (Wildman–Crippen MR) is 60.8 cm³/mol. The van der Waals surface area contributed by atoms with E-state index >= 15 is 0 Å². The fraction of sp³-hybridized carbons (Fsp3) is 0.182. The lowest BCUT2D eigenvalue weighted by Gasteiger charge is -1.96. The number of furan rings is 1. The van der Waals surface area contributed by atoms with Crippen LogP contribution in [0.1, 0.15) is 21.0 Å². The Morgan fingerprint density at radius 1 is 1.60 bits per heavy atom. The quantitative estimate of drug-likeness (QED) is 0.766. The van der Waals surface area contributed by atoms with E-state index in [9.17, 15) is 4.79 Å². The van der Waals surface area contributed by atoms with Crippen molar-refractivity contribution in [2.45, 2.75) is 13.3 Å². The van der Waals surface area contributed by atoms with Crippen LogP contribution >= 0.6 is 22.9 Å². The third-order valence-corrected chi connectivity index (χ3v) is 3.81. The average molecular weight is 241 g/mol. The molecule has 0 aromatic carbocycles. The van der Waals surface area contributed by atoms with Gasteiger partial charge in [0.25, 0.3) is 0 Å². The Balaban J connectivity index is 2.19. The van der Waals surface area contributed by atoms with Gasteiger partial charge in [-0.3, -0.25) is 4.79 Å². The first-order valence-electron chi connectivity index (χ1n) is 4.47. The van der Waals surface area contributed by atoms with Gasteiger partial charge in [-0.05, 0) is 30.0 Å². The molecule has 0 atom stereocenters. The first kappa shape index (κ1) is 10.5. The smallest absolute Gasteiger partial charge is 0.181 e. The third kappa shape index (κ3) is 2.13. The molecular weight excluding hydrogens is 232 g/mol. The van der Waals surface area contributed by atoms with E-state index in [1.807, 2.05) is 12.3 Å². The molecule has 0 aliphatic carbocycles. The molecule has 0 unspecified atom stereocenters. The number of aryl methyl sites for hydroxylation is 1. The molecule has 0 saturated carbocycles. The van der Waals surface area contributed by atoms with Crippen molar-refractivity contribution in [1.82, 2.24) is 0 Å². The van der Waals surface area contributed by atoms with Crippen LogP contribution in [0.15, 0.2) is 28.2 Å². The largest absolute Gasteiger partial charge is 0.469 e. The van der Waals surface area contributed by atoms with E-state index in [1.54, 1.807) is 18.4 Å². The van der Waals surface area contributed by atoms with E-state index in [0.717, 1.165) is 5.56 Å². The number of carbonyl (C=O) groups is 1. The number of hydrogen-bond acceptors (Lipinski definition) is 3. The molecule has 4 heteroatoms. The van der Waals surface area contributed by atoms with Gasteiger partial charge in [-0.2, -0.15) is 0 Å². The van der Waals surface area contributed by atoms with Gasteiger partial charge in [0, 0.05) is 0 Å². The third-order valence-electron chi connectivity index (χ3n) is 2.07. The van der Waals surface area contributed by atoms with Crippen molar-refractivity contribution >= 4 is 28.7 Å². The molecule has 2 rings (SSSR count). The maximum atomic E-state index is 11.8. The number of rotatable bonds is 3. The molecule has 0 spiro atoms. The van der Waals surface area contributed by atoms with Crippen LogP contribution in [-0.2, 0) is 6.42 Å². The minimum Gasteiger partial charge on any atom is -0.469 e. The van der Waals surface area contributed by atoms with Crippen LogP contribution in [0.4, 0.5) is 0 Å². The van der Waals surface area contributed by atoms with Gasteiger partial charge in [0.1, 0.15) is 5.76 Å². The van der Waals surface area contributed by atoms with E-state index in [1.165, 1.54) is 11.3 Å². The number of halogens is 1. The highest BCUT2D eigenvalue weighted by atomic mass is 35.5. The lowest BCUT2D eigenvalue weighted by atomic mass is 10.2. The van der Waals surface area contributed by atoms with Crippen LogP contribution in [0.5, 0.6) is 0 Å². The molecule has 2 aromatic heterocycles. The van der Waals surface area contributed by atoms with E-state index in [-0.39, 0.29) is 12.2 Å². The summed E-state index contributed by atoms with van der Waals surface area (Å²) in [7, 11) is 0. The number of thiophene rings is 1. The number of carbonyl (C=O) groups excluding carboxylic acids is 1. The molecule has 78 valence electrons. The molecule has 0 amide bonds. The predicted octanol–water partition coefficient (Wildman–Crippen LogP) is 3.73. The fourth-order valence-corrected chi connectivity index (χ4v) is 2.51. The van der Waals surface area contributed by atoms with Crippen molar-refractivity contribution < 1.29 is 9.21 Å². The Hall–Kier alpha value is -1.06. The van der Waals surface area contributed by atoms with Crippen LogP contribution in [0.2, 0.25) is 5.02 Å². The van der Waals surface area contributed by atoms with Crippen LogP contribution in [0.3, 0.4) is 0 Å². The first-order valence-corrected chi connectivity index (χ1v) is 5.73. The van der Waals surface area contributed by atoms with Crippen molar-refractivity contribution in [3.05, 3.63) is 45.0 Å². The standard InChI is InChI=1S/C11H9ClO2S/c1-7-6-15-11(10(7)12)9(13)5-8-3-2-4-14-8/h2-4,6H,5H2,1H3. The zero-order valence-electron chi connectivity index (χ0n) is 8.12. The Kier molecular flexibility index (Phi) is 2.93. The molecule has 0 fully saturated rings. The van der Waals surface area contributed by atoms with Gasteiger partial charge in [-0.15, -0.1) is 11.3 Å². The van der Waals surface area contributed by atoms with Crippen molar-refractivity contribution in [3.8, 4) is 0 Å². The average Bonchev–Trinajstić information content (AvgIpc) is 2.79. The molecule has 0 radical (unpaired) electrons. The summed E-state index contributed by atoms with van der Waals surface area (Å²) < 4.78 is 5.11. The Labute approximate surface area is 96.5 Å². The highest BCUT2D eigenvalue weighted by Crippen LogP contribution is 2.28. The van der Waals surface area contributed by atoms with Gasteiger partial charge in [-0.25, -0.2) is 0 Å². The Bertz CT molecular complexity index is 471. The van der Waals surface area contributed by atoms with Crippen molar-refractivity contribution in [3.63, 3.8) is 0 Å². The summed E-state index contributed by atoms with van der Waals surface area (Å²) in [5.41, 5.74) is 0.949. The molecule has 0 N–H and O–H groups in total. The fourth-order valence-electron chi connectivity index (χ4n) is 1.27. The van der Waals surface area contributed by atoms with Crippen molar-refractivity contribution in [2.24, 2.45) is 0 Å². The normalized spacial score (nSPS) is 10.5. The second kappa shape index (κ2) is 4.21. The molecular formula is C11H9ClO2S. The highest BCUT2D eigenvalue weighted by molar-refractivity contribution is 7.13. The van der Waals surface area contributed by atoms with Crippen LogP contribution in [-0.4, -0.2) is 5.78 Å². The molecule has 0 saturated heterocycles. The zero-order chi connectivity index (χ0) is 10.8. The van der Waals surface area contributed by atoms with Gasteiger partial charge >= 0.3 is 0 Å². The second-order valence-electron chi connectivity index (χ2n) is 3.24. The number of ketones is 1. The molecule has 0 aliphatic heterocycles. The summed E-state index contributed by atoms with van der Waals surface area (Å²) in [4.78, 5) is 12.4. The van der Waals surface area contributed by atoms with E-state index < -0.39 is 0 Å². The summed E-state index contributed by atoms with van der Waals surface area (Å²) in [5, 5.41) is 2.45. The number of hydrogen-bond donors (Lipinski definition) is 0. The molecule has 2 aromatic rings. The van der Waals surface area contributed by atoms with Crippen molar-refractivity contribution in [1.29, 1.82) is 0 Å². The van der Waals surface area contributed by atoms with E-state index in [2.05, 4.69) is 0 Å². The summed E-state index contributed by atoms with van der Waals surface area (Å²) in [6, 6.07) is 3.55. The second-order valence-corrected chi connectivity index (χ2v) is 4.50. The summed E-state index contributed by atoms with van der Waals surface area (Å²) in [5.74, 6) is 0.676. The molecule has 2 heterocycles. The van der Waals surface area contributed by atoms with E-state index in [4.69, 9.17) is 16.0 Å². The summed E-state index contributed by atoms with van der Waals surface area (Å²) >= 11 is 7.39. The van der Waals surface area contributed by atoms with E-state index in [0.29, 0.717) is 15.7 Å². The lowest BCUT2D eigenvalue weighted by molar-refractivity contribution is 0.0991. The van der Waals surface area contributed by atoms with Gasteiger partial charge in [0.15, 0.2) is 5.78 Å². The van der Waals surface area contributed by atoms with Crippen LogP contribution in [0.25, 0.3) is 0 Å². The van der Waals surface area contributed by atoms with Gasteiger partial charge in [0.2, 0.25) is 0 Å². The maximum Gasteiger partial charge on any atom is 0.181 e. The Morgan fingerprint density at radius 3 is 2.93 bits per heavy atom. The molecule has 2 nitrogen and oxygen atoms in total. The molecule has 0 aliphatic rings. The Morgan fingerprint density at radius 2 is 2.40 bits per heavy atom. The minimum absolute atomic E-state index is 0.00745. The number of Topliss-reactive ketones (excluding diaryl/α,β-unsaturated/α-hetero) is 1. The highest BCUT2D eigenvalue weighted by Gasteiger charge is 2.15. The van der Waals surface area contributed by atoms with Gasteiger partial charge < -0.3 is 4.42 Å². The monoisotopic (exact) mass is 240 g/mol. The molecule has 15 heavy (non-hydrogen) atoms. The zero-order valence-corrected chi connectivity index (χ0v) is 9.69. The minimum atomic E-state index is 0.00745. The van der Waals surface area contributed by atoms with Crippen LogP contribution in [0, 0.1) is 6.92 Å². The lowest BCUT2D eigenvalue weighted by Crippen LogP contribution is -2.00.